The molecular formula is C15H23FN2O. The minimum Gasteiger partial charge on any atom is -0.494 e. The van der Waals surface area contributed by atoms with Crippen LogP contribution >= 0.6 is 0 Å². The number of ether oxygens (including phenoxy) is 1. The van der Waals surface area contributed by atoms with Gasteiger partial charge in [0.2, 0.25) is 0 Å². The van der Waals surface area contributed by atoms with E-state index in [9.17, 15) is 4.39 Å². The van der Waals surface area contributed by atoms with Crippen LogP contribution in [0.1, 0.15) is 25.3 Å². The van der Waals surface area contributed by atoms with E-state index < -0.39 is 0 Å². The van der Waals surface area contributed by atoms with Gasteiger partial charge in [0.25, 0.3) is 0 Å². The highest BCUT2D eigenvalue weighted by molar-refractivity contribution is 5.29. The standard InChI is InChI=1S/C15H23FN2O/c1-3-18-8-4-5-13(18)11-17-10-12-6-7-15(19-2)14(16)9-12/h6-7,9,13,17H,3-5,8,10-11H2,1-2H3. The Balaban J connectivity index is 1.81. The first-order chi connectivity index (χ1) is 9.24. The predicted molar refractivity (Wildman–Crippen MR) is 74.9 cm³/mol. The van der Waals surface area contributed by atoms with Crippen molar-refractivity contribution in [3.05, 3.63) is 29.6 Å². The molecule has 1 atom stereocenters. The van der Waals surface area contributed by atoms with Gasteiger partial charge in [-0.2, -0.15) is 0 Å². The third-order valence-electron chi connectivity index (χ3n) is 3.83. The quantitative estimate of drug-likeness (QED) is 0.855. The van der Waals surface area contributed by atoms with Crippen LogP contribution in [0.25, 0.3) is 0 Å². The van der Waals surface area contributed by atoms with Crippen LogP contribution in [0.4, 0.5) is 4.39 Å². The molecule has 0 bridgehead atoms. The van der Waals surface area contributed by atoms with Crippen molar-refractivity contribution < 1.29 is 9.13 Å². The van der Waals surface area contributed by atoms with Gasteiger partial charge in [-0.25, -0.2) is 4.39 Å². The summed E-state index contributed by atoms with van der Waals surface area (Å²) in [6, 6.07) is 5.76. The molecule has 0 amide bonds. The van der Waals surface area contributed by atoms with Gasteiger partial charge in [-0.1, -0.05) is 13.0 Å². The fourth-order valence-corrected chi connectivity index (χ4v) is 2.75. The van der Waals surface area contributed by atoms with E-state index in [1.807, 2.05) is 6.07 Å². The molecule has 0 aromatic heterocycles. The summed E-state index contributed by atoms with van der Waals surface area (Å²) in [4.78, 5) is 2.50. The van der Waals surface area contributed by atoms with E-state index >= 15 is 0 Å². The van der Waals surface area contributed by atoms with E-state index in [1.54, 1.807) is 6.07 Å². The van der Waals surface area contributed by atoms with E-state index in [4.69, 9.17) is 4.74 Å². The largest absolute Gasteiger partial charge is 0.494 e. The lowest BCUT2D eigenvalue weighted by Crippen LogP contribution is -2.37. The summed E-state index contributed by atoms with van der Waals surface area (Å²) in [5, 5.41) is 3.42. The van der Waals surface area contributed by atoms with Crippen molar-refractivity contribution in [1.82, 2.24) is 10.2 Å². The molecule has 1 N–H and O–H groups in total. The summed E-state index contributed by atoms with van der Waals surface area (Å²) in [5.41, 5.74) is 0.958. The fraction of sp³-hybridized carbons (Fsp3) is 0.600. The Labute approximate surface area is 114 Å². The van der Waals surface area contributed by atoms with E-state index in [0.717, 1.165) is 18.7 Å². The lowest BCUT2D eigenvalue weighted by atomic mass is 10.2. The summed E-state index contributed by atoms with van der Waals surface area (Å²) >= 11 is 0. The van der Waals surface area contributed by atoms with Crippen molar-refractivity contribution in [1.29, 1.82) is 0 Å². The van der Waals surface area contributed by atoms with Gasteiger partial charge in [-0.15, -0.1) is 0 Å². The van der Waals surface area contributed by atoms with Gasteiger partial charge in [0.05, 0.1) is 7.11 Å². The highest BCUT2D eigenvalue weighted by Crippen LogP contribution is 2.18. The van der Waals surface area contributed by atoms with Crippen LogP contribution < -0.4 is 10.1 Å². The first-order valence-electron chi connectivity index (χ1n) is 7.01. The van der Waals surface area contributed by atoms with E-state index in [0.29, 0.717) is 18.3 Å². The van der Waals surface area contributed by atoms with E-state index in [-0.39, 0.29) is 5.82 Å². The van der Waals surface area contributed by atoms with Crippen molar-refractivity contribution in [3.8, 4) is 5.75 Å². The Morgan fingerprint density at radius 2 is 2.32 bits per heavy atom. The lowest BCUT2D eigenvalue weighted by Gasteiger charge is -2.23. The SMILES string of the molecule is CCN1CCCC1CNCc1ccc(OC)c(F)c1. The number of halogens is 1. The number of hydrogen-bond acceptors (Lipinski definition) is 3. The summed E-state index contributed by atoms with van der Waals surface area (Å²) in [6.45, 7) is 6.21. The molecule has 1 fully saturated rings. The number of likely N-dealkylation sites (tertiary alicyclic amines) is 1. The Morgan fingerprint density at radius 1 is 1.47 bits per heavy atom. The molecule has 0 saturated carbocycles. The minimum atomic E-state index is -0.294. The summed E-state index contributed by atoms with van der Waals surface area (Å²) in [7, 11) is 1.48. The first kappa shape index (κ1) is 14.3. The Bertz CT molecular complexity index is 411. The van der Waals surface area contributed by atoms with Crippen LogP contribution in [-0.2, 0) is 6.54 Å². The molecule has 1 aliphatic rings. The molecule has 0 radical (unpaired) electrons. The monoisotopic (exact) mass is 266 g/mol. The van der Waals surface area contributed by atoms with Crippen LogP contribution in [-0.4, -0.2) is 37.7 Å². The Hall–Kier alpha value is -1.13. The third-order valence-corrected chi connectivity index (χ3v) is 3.83. The second-order valence-corrected chi connectivity index (χ2v) is 5.02. The average Bonchev–Trinajstić information content (AvgIpc) is 2.86. The Morgan fingerprint density at radius 3 is 3.00 bits per heavy atom. The number of likely N-dealkylation sites (N-methyl/N-ethyl adjacent to an activating group) is 1. The topological polar surface area (TPSA) is 24.5 Å². The summed E-state index contributed by atoms with van der Waals surface area (Å²) in [6.07, 6.45) is 2.55. The van der Waals surface area contributed by atoms with Crippen LogP contribution in [0, 0.1) is 5.82 Å². The maximum absolute atomic E-state index is 13.5. The molecule has 1 aliphatic heterocycles. The molecule has 1 aromatic carbocycles. The van der Waals surface area contributed by atoms with E-state index in [2.05, 4.69) is 17.1 Å². The summed E-state index contributed by atoms with van der Waals surface area (Å²) < 4.78 is 18.4. The zero-order chi connectivity index (χ0) is 13.7. The van der Waals surface area contributed by atoms with Crippen LogP contribution in [0.2, 0.25) is 0 Å². The highest BCUT2D eigenvalue weighted by Gasteiger charge is 2.22. The molecule has 0 spiro atoms. The van der Waals surface area contributed by atoms with Gasteiger partial charge >= 0.3 is 0 Å². The number of nitrogens with zero attached hydrogens (tertiary/aromatic N) is 1. The molecular weight excluding hydrogens is 243 g/mol. The maximum Gasteiger partial charge on any atom is 0.165 e. The van der Waals surface area contributed by atoms with Crippen molar-refractivity contribution in [3.63, 3.8) is 0 Å². The number of benzene rings is 1. The fourth-order valence-electron chi connectivity index (χ4n) is 2.75. The zero-order valence-corrected chi connectivity index (χ0v) is 11.8. The van der Waals surface area contributed by atoms with Gasteiger partial charge in [-0.05, 0) is 43.6 Å². The maximum atomic E-state index is 13.5. The molecule has 3 nitrogen and oxygen atoms in total. The Kier molecular flexibility index (Phi) is 5.16. The molecule has 2 rings (SSSR count). The molecule has 1 aromatic rings. The van der Waals surface area contributed by atoms with Crippen molar-refractivity contribution in [2.45, 2.75) is 32.4 Å². The first-order valence-corrected chi connectivity index (χ1v) is 7.01. The molecule has 1 saturated heterocycles. The van der Waals surface area contributed by atoms with Crippen molar-refractivity contribution in [2.24, 2.45) is 0 Å². The normalized spacial score (nSPS) is 19.8. The number of nitrogens with one attached hydrogen (secondary N) is 1. The molecule has 4 heteroatoms. The number of methoxy groups -OCH3 is 1. The van der Waals surface area contributed by atoms with Crippen LogP contribution in [0.15, 0.2) is 18.2 Å². The van der Waals surface area contributed by atoms with Gasteiger partial charge in [0.1, 0.15) is 0 Å². The molecule has 0 aliphatic carbocycles. The van der Waals surface area contributed by atoms with Crippen LogP contribution in [0.3, 0.4) is 0 Å². The van der Waals surface area contributed by atoms with Crippen molar-refractivity contribution >= 4 is 0 Å². The molecule has 1 unspecified atom stereocenters. The molecule has 19 heavy (non-hydrogen) atoms. The number of rotatable bonds is 6. The second-order valence-electron chi connectivity index (χ2n) is 5.02. The van der Waals surface area contributed by atoms with Crippen LogP contribution in [0.5, 0.6) is 5.75 Å². The predicted octanol–water partition coefficient (Wildman–Crippen LogP) is 2.41. The second kappa shape index (κ2) is 6.87. The average molecular weight is 266 g/mol. The molecule has 1 heterocycles. The third kappa shape index (κ3) is 3.67. The van der Waals surface area contributed by atoms with Crippen molar-refractivity contribution in [2.75, 3.05) is 26.7 Å². The smallest absolute Gasteiger partial charge is 0.165 e. The van der Waals surface area contributed by atoms with Gasteiger partial charge in [-0.3, -0.25) is 4.90 Å². The zero-order valence-electron chi connectivity index (χ0n) is 11.8. The highest BCUT2D eigenvalue weighted by atomic mass is 19.1. The number of hydrogen-bond donors (Lipinski definition) is 1. The van der Waals surface area contributed by atoms with Gasteiger partial charge < -0.3 is 10.1 Å². The van der Waals surface area contributed by atoms with Gasteiger partial charge in [0, 0.05) is 19.1 Å². The molecule has 106 valence electrons. The van der Waals surface area contributed by atoms with E-state index in [1.165, 1.54) is 32.6 Å². The summed E-state index contributed by atoms with van der Waals surface area (Å²) in [5.74, 6) is 0.00884. The minimum absolute atomic E-state index is 0.294. The van der Waals surface area contributed by atoms with Gasteiger partial charge in [0.15, 0.2) is 11.6 Å². The lowest BCUT2D eigenvalue weighted by molar-refractivity contribution is 0.260.